The molecule has 3 aliphatic carbocycles. The molecule has 0 aromatic heterocycles. The largest absolute Gasteiger partial charge is 0.508 e. The minimum Gasteiger partial charge on any atom is -0.508 e. The standard InChI is InChI=1S/C18H20O2/c1-11-7-16(8-12(2)18(11)20)14-3-4-15-10-17(19)6-5-13(15)9-14/h3-11,13,15,18-20H,1-2H3. The van der Waals surface area contributed by atoms with Gasteiger partial charge in [-0.25, -0.2) is 0 Å². The Morgan fingerprint density at radius 1 is 0.950 bits per heavy atom. The predicted molar refractivity (Wildman–Crippen MR) is 81.1 cm³/mol. The number of aliphatic hydroxyl groups is 2. The molecule has 3 rings (SSSR count). The smallest absolute Gasteiger partial charge is 0.111 e. The highest BCUT2D eigenvalue weighted by atomic mass is 16.3. The fraction of sp³-hybridized carbons (Fsp3) is 0.333. The van der Waals surface area contributed by atoms with Crippen LogP contribution in [0.2, 0.25) is 0 Å². The van der Waals surface area contributed by atoms with Gasteiger partial charge >= 0.3 is 0 Å². The number of rotatable bonds is 1. The summed E-state index contributed by atoms with van der Waals surface area (Å²) in [6.45, 7) is 4.02. The van der Waals surface area contributed by atoms with E-state index in [0.29, 0.717) is 11.7 Å². The van der Waals surface area contributed by atoms with Crippen molar-refractivity contribution in [3.63, 3.8) is 0 Å². The van der Waals surface area contributed by atoms with Crippen LogP contribution in [0.15, 0.2) is 71.1 Å². The van der Waals surface area contributed by atoms with E-state index < -0.39 is 0 Å². The first-order chi connectivity index (χ1) is 9.54. The van der Waals surface area contributed by atoms with Gasteiger partial charge in [-0.05, 0) is 35.8 Å². The van der Waals surface area contributed by atoms with Gasteiger partial charge in [0.15, 0.2) is 0 Å². The molecule has 0 amide bonds. The van der Waals surface area contributed by atoms with Crippen molar-refractivity contribution >= 4 is 0 Å². The molecule has 104 valence electrons. The number of aliphatic hydroxyl groups excluding tert-OH is 2. The molecule has 0 saturated heterocycles. The van der Waals surface area contributed by atoms with Crippen molar-refractivity contribution < 1.29 is 10.2 Å². The van der Waals surface area contributed by atoms with Crippen LogP contribution in [0.5, 0.6) is 0 Å². The maximum Gasteiger partial charge on any atom is 0.111 e. The van der Waals surface area contributed by atoms with Crippen molar-refractivity contribution in [1.82, 2.24) is 0 Å². The van der Waals surface area contributed by atoms with E-state index in [2.05, 4.69) is 30.4 Å². The van der Waals surface area contributed by atoms with Crippen molar-refractivity contribution in [2.24, 2.45) is 17.8 Å². The topological polar surface area (TPSA) is 40.5 Å². The molecule has 0 radical (unpaired) electrons. The molecule has 4 unspecified atom stereocenters. The molecule has 4 atom stereocenters. The highest BCUT2D eigenvalue weighted by Crippen LogP contribution is 2.34. The van der Waals surface area contributed by atoms with Gasteiger partial charge in [0.2, 0.25) is 0 Å². The molecule has 0 aliphatic heterocycles. The van der Waals surface area contributed by atoms with Gasteiger partial charge in [-0.3, -0.25) is 0 Å². The lowest BCUT2D eigenvalue weighted by atomic mass is 9.79. The van der Waals surface area contributed by atoms with Gasteiger partial charge in [-0.2, -0.15) is 0 Å². The number of allylic oxidation sites excluding steroid dienone is 9. The van der Waals surface area contributed by atoms with Crippen molar-refractivity contribution in [1.29, 1.82) is 0 Å². The first kappa shape index (κ1) is 13.2. The molecule has 0 spiro atoms. The van der Waals surface area contributed by atoms with Crippen molar-refractivity contribution in [3.8, 4) is 0 Å². The van der Waals surface area contributed by atoms with Crippen LogP contribution in [0, 0.1) is 17.8 Å². The fourth-order valence-corrected chi connectivity index (χ4v) is 3.07. The van der Waals surface area contributed by atoms with E-state index in [4.69, 9.17) is 0 Å². The Kier molecular flexibility index (Phi) is 3.27. The zero-order valence-corrected chi connectivity index (χ0v) is 11.8. The Labute approximate surface area is 119 Å². The van der Waals surface area contributed by atoms with Crippen LogP contribution in [0.1, 0.15) is 13.8 Å². The van der Waals surface area contributed by atoms with Gasteiger partial charge < -0.3 is 10.2 Å². The van der Waals surface area contributed by atoms with Crippen LogP contribution in [0.25, 0.3) is 0 Å². The van der Waals surface area contributed by atoms with Crippen LogP contribution in [0.4, 0.5) is 0 Å². The molecule has 2 heteroatoms. The van der Waals surface area contributed by atoms with Gasteiger partial charge in [0.05, 0.1) is 6.10 Å². The lowest BCUT2D eigenvalue weighted by molar-refractivity contribution is 0.171. The first-order valence-electron chi connectivity index (χ1n) is 7.12. The summed E-state index contributed by atoms with van der Waals surface area (Å²) >= 11 is 0. The van der Waals surface area contributed by atoms with E-state index in [9.17, 15) is 10.2 Å². The van der Waals surface area contributed by atoms with Crippen LogP contribution in [-0.2, 0) is 0 Å². The second kappa shape index (κ2) is 4.95. The van der Waals surface area contributed by atoms with Crippen LogP contribution in [0.3, 0.4) is 0 Å². The quantitative estimate of drug-likeness (QED) is 0.762. The highest BCUT2D eigenvalue weighted by molar-refractivity contribution is 5.53. The lowest BCUT2D eigenvalue weighted by Crippen LogP contribution is -2.21. The number of fused-ring (bicyclic) bond motifs is 1. The molecule has 0 fully saturated rings. The monoisotopic (exact) mass is 268 g/mol. The Bertz CT molecular complexity index is 599. The molecule has 3 aliphatic rings. The van der Waals surface area contributed by atoms with Gasteiger partial charge in [0.1, 0.15) is 5.76 Å². The van der Waals surface area contributed by atoms with E-state index in [-0.39, 0.29) is 17.9 Å². The van der Waals surface area contributed by atoms with Crippen LogP contribution < -0.4 is 0 Å². The molecule has 0 aromatic rings. The van der Waals surface area contributed by atoms with Gasteiger partial charge in [0, 0.05) is 17.8 Å². The summed E-state index contributed by atoms with van der Waals surface area (Å²) in [4.78, 5) is 0. The van der Waals surface area contributed by atoms with Crippen LogP contribution >= 0.6 is 0 Å². The van der Waals surface area contributed by atoms with E-state index in [1.54, 1.807) is 6.08 Å². The molecule has 2 N–H and O–H groups in total. The molecule has 20 heavy (non-hydrogen) atoms. The second-order valence-electron chi connectivity index (χ2n) is 5.90. The van der Waals surface area contributed by atoms with Gasteiger partial charge in [0.25, 0.3) is 0 Å². The third-order valence-corrected chi connectivity index (χ3v) is 4.29. The van der Waals surface area contributed by atoms with Gasteiger partial charge in [-0.1, -0.05) is 43.4 Å². The summed E-state index contributed by atoms with van der Waals surface area (Å²) in [5.74, 6) is 1.05. The van der Waals surface area contributed by atoms with E-state index in [1.807, 2.05) is 26.0 Å². The zero-order chi connectivity index (χ0) is 14.3. The van der Waals surface area contributed by atoms with E-state index >= 15 is 0 Å². The molecule has 0 bridgehead atoms. The predicted octanol–water partition coefficient (Wildman–Crippen LogP) is 3.61. The average Bonchev–Trinajstić information content (AvgIpc) is 2.43. The summed E-state index contributed by atoms with van der Waals surface area (Å²) in [5, 5.41) is 19.5. The zero-order valence-electron chi connectivity index (χ0n) is 11.8. The molecule has 0 aromatic carbocycles. The average molecular weight is 268 g/mol. The van der Waals surface area contributed by atoms with Crippen molar-refractivity contribution in [2.45, 2.75) is 20.0 Å². The van der Waals surface area contributed by atoms with Crippen LogP contribution in [-0.4, -0.2) is 16.3 Å². The summed E-state index contributed by atoms with van der Waals surface area (Å²) in [7, 11) is 0. The Morgan fingerprint density at radius 3 is 2.40 bits per heavy atom. The molecule has 0 heterocycles. The fourth-order valence-electron chi connectivity index (χ4n) is 3.07. The second-order valence-corrected chi connectivity index (χ2v) is 5.90. The van der Waals surface area contributed by atoms with E-state index in [0.717, 1.165) is 5.57 Å². The summed E-state index contributed by atoms with van der Waals surface area (Å²) < 4.78 is 0. The number of hydrogen-bond acceptors (Lipinski definition) is 2. The molecular formula is C18H20O2. The SMILES string of the molecule is CC1=CC(C2=CC3C=CC(O)=CC3C=C2)=CC(C)C1O. The molecular weight excluding hydrogens is 248 g/mol. The van der Waals surface area contributed by atoms with Gasteiger partial charge in [-0.15, -0.1) is 0 Å². The van der Waals surface area contributed by atoms with Crippen molar-refractivity contribution in [3.05, 3.63) is 71.1 Å². The maximum absolute atomic E-state index is 9.98. The molecule has 0 saturated carbocycles. The molecule has 2 nitrogen and oxygen atoms in total. The normalized spacial score (nSPS) is 35.8. The third kappa shape index (κ3) is 2.32. The minimum absolute atomic E-state index is 0.146. The summed E-state index contributed by atoms with van der Waals surface area (Å²) in [6.07, 6.45) is 16.0. The summed E-state index contributed by atoms with van der Waals surface area (Å²) in [6, 6.07) is 0. The number of hydrogen-bond donors (Lipinski definition) is 2. The Hall–Kier alpha value is -1.80. The first-order valence-corrected chi connectivity index (χ1v) is 7.12. The summed E-state index contributed by atoms with van der Waals surface area (Å²) in [5.41, 5.74) is 3.40. The third-order valence-electron chi connectivity index (χ3n) is 4.29. The maximum atomic E-state index is 9.98. The lowest BCUT2D eigenvalue weighted by Gasteiger charge is -2.27. The Balaban J connectivity index is 1.89. The van der Waals surface area contributed by atoms with Crippen molar-refractivity contribution in [2.75, 3.05) is 0 Å². The minimum atomic E-state index is -0.367. The Morgan fingerprint density at radius 2 is 1.65 bits per heavy atom. The highest BCUT2D eigenvalue weighted by Gasteiger charge is 2.24. The van der Waals surface area contributed by atoms with E-state index in [1.165, 1.54) is 11.1 Å².